The Labute approximate surface area is 253 Å². The number of ether oxygens (including phenoxy) is 2. The van der Waals surface area contributed by atoms with Crippen LogP contribution in [0.25, 0.3) is 0 Å². The van der Waals surface area contributed by atoms with Gasteiger partial charge in [-0.05, 0) is 61.6 Å². The molecule has 10 heteroatoms. The number of hydrogen-bond acceptors (Lipinski definition) is 6. The second-order valence-electron chi connectivity index (χ2n) is 11.0. The average molecular weight is 606 g/mol. The molecule has 228 valence electrons. The van der Waals surface area contributed by atoms with Crippen LogP contribution in [0.1, 0.15) is 50.2 Å². The highest BCUT2D eigenvalue weighted by atomic mass is 32.2. The number of rotatable bonds is 11. The predicted octanol–water partition coefficient (Wildman–Crippen LogP) is 4.83. The van der Waals surface area contributed by atoms with Crippen LogP contribution < -0.4 is 19.1 Å². The van der Waals surface area contributed by atoms with Gasteiger partial charge >= 0.3 is 0 Å². The molecule has 1 saturated carbocycles. The lowest BCUT2D eigenvalue weighted by Gasteiger charge is -2.34. The first kappa shape index (κ1) is 30.4. The Bertz CT molecular complexity index is 1540. The summed E-state index contributed by atoms with van der Waals surface area (Å²) < 4.78 is 40.6. The van der Waals surface area contributed by atoms with Crippen LogP contribution in [0.5, 0.6) is 11.5 Å². The van der Waals surface area contributed by atoms with Gasteiger partial charge in [0, 0.05) is 18.7 Å². The number of hydrogen-bond donors (Lipinski definition) is 1. The first-order valence-electron chi connectivity index (χ1n) is 14.9. The topological polar surface area (TPSA) is 105 Å². The van der Waals surface area contributed by atoms with Crippen LogP contribution in [0.15, 0.2) is 77.7 Å². The lowest BCUT2D eigenvalue weighted by atomic mass is 10.1. The molecule has 1 aliphatic carbocycles. The molecular weight excluding hydrogens is 566 g/mol. The van der Waals surface area contributed by atoms with Gasteiger partial charge in [0.25, 0.3) is 10.0 Å². The van der Waals surface area contributed by atoms with Crippen molar-refractivity contribution in [1.29, 1.82) is 0 Å². The van der Waals surface area contributed by atoms with Gasteiger partial charge < -0.3 is 19.7 Å². The summed E-state index contributed by atoms with van der Waals surface area (Å²) in [7, 11) is -4.17. The first-order chi connectivity index (χ1) is 20.8. The van der Waals surface area contributed by atoms with Crippen LogP contribution in [-0.4, -0.2) is 57.0 Å². The van der Waals surface area contributed by atoms with Crippen molar-refractivity contribution >= 4 is 27.5 Å². The van der Waals surface area contributed by atoms with Crippen molar-refractivity contribution in [3.05, 3.63) is 83.9 Å². The largest absolute Gasteiger partial charge is 0.486 e. The maximum atomic E-state index is 14.3. The third-order valence-electron chi connectivity index (χ3n) is 8.11. The molecule has 3 aromatic rings. The lowest BCUT2D eigenvalue weighted by molar-refractivity contribution is -0.140. The fourth-order valence-corrected chi connectivity index (χ4v) is 7.12. The highest BCUT2D eigenvalue weighted by molar-refractivity contribution is 7.92. The molecule has 43 heavy (non-hydrogen) atoms. The summed E-state index contributed by atoms with van der Waals surface area (Å²) in [6, 6.07) is 19.9. The molecule has 1 unspecified atom stereocenters. The Balaban J connectivity index is 1.52. The molecule has 2 amide bonds. The minimum atomic E-state index is -4.17. The maximum Gasteiger partial charge on any atom is 0.264 e. The molecule has 9 nitrogen and oxygen atoms in total. The Morgan fingerprint density at radius 1 is 0.930 bits per heavy atom. The SMILES string of the molecule is CCC(C(=O)NC1CCCC1)N(Cc1ccccc1C)C(=O)CN(c1ccc2c(c1)OCCO2)S(=O)(=O)c1ccccc1. The molecular formula is C33H39N3O6S. The number of amides is 2. The predicted molar refractivity (Wildman–Crippen MR) is 165 cm³/mol. The fourth-order valence-electron chi connectivity index (χ4n) is 5.69. The van der Waals surface area contributed by atoms with Crippen LogP contribution in [0.4, 0.5) is 5.69 Å². The Morgan fingerprint density at radius 3 is 2.30 bits per heavy atom. The van der Waals surface area contributed by atoms with E-state index in [1.54, 1.807) is 36.4 Å². The van der Waals surface area contributed by atoms with Crippen molar-refractivity contribution in [2.24, 2.45) is 0 Å². The normalized spacial score (nSPS) is 15.5. The average Bonchev–Trinajstić information content (AvgIpc) is 3.53. The highest BCUT2D eigenvalue weighted by Crippen LogP contribution is 2.36. The fraction of sp³-hybridized carbons (Fsp3) is 0.394. The summed E-state index contributed by atoms with van der Waals surface area (Å²) in [5.41, 5.74) is 2.13. The summed E-state index contributed by atoms with van der Waals surface area (Å²) in [5, 5.41) is 3.15. The number of nitrogens with one attached hydrogen (secondary N) is 1. The van der Waals surface area contributed by atoms with Gasteiger partial charge in [-0.3, -0.25) is 13.9 Å². The monoisotopic (exact) mass is 605 g/mol. The van der Waals surface area contributed by atoms with Crippen molar-refractivity contribution < 1.29 is 27.5 Å². The second kappa shape index (κ2) is 13.5. The van der Waals surface area contributed by atoms with Crippen molar-refractivity contribution in [3.63, 3.8) is 0 Å². The molecule has 0 saturated heterocycles. The van der Waals surface area contributed by atoms with Crippen LogP contribution >= 0.6 is 0 Å². The van der Waals surface area contributed by atoms with Crippen molar-refractivity contribution in [1.82, 2.24) is 10.2 Å². The number of anilines is 1. The van der Waals surface area contributed by atoms with Gasteiger partial charge in [0.05, 0.1) is 10.6 Å². The Morgan fingerprint density at radius 2 is 1.60 bits per heavy atom. The molecule has 0 radical (unpaired) electrons. The van der Waals surface area contributed by atoms with Crippen LogP contribution in [-0.2, 0) is 26.2 Å². The molecule has 2 aliphatic rings. The minimum absolute atomic E-state index is 0.0501. The summed E-state index contributed by atoms with van der Waals surface area (Å²) in [6.45, 7) is 4.22. The minimum Gasteiger partial charge on any atom is -0.486 e. The third-order valence-corrected chi connectivity index (χ3v) is 9.90. The Hall–Kier alpha value is -4.05. The van der Waals surface area contributed by atoms with Gasteiger partial charge in [0.1, 0.15) is 25.8 Å². The van der Waals surface area contributed by atoms with E-state index < -0.39 is 28.5 Å². The number of nitrogens with zero attached hydrogens (tertiary/aromatic N) is 2. The Kier molecular flexibility index (Phi) is 9.55. The summed E-state index contributed by atoms with van der Waals surface area (Å²) in [6.07, 6.45) is 4.35. The zero-order valence-corrected chi connectivity index (χ0v) is 25.5. The van der Waals surface area contributed by atoms with Crippen molar-refractivity contribution in [3.8, 4) is 11.5 Å². The second-order valence-corrected chi connectivity index (χ2v) is 12.9. The quantitative estimate of drug-likeness (QED) is 0.336. The number of fused-ring (bicyclic) bond motifs is 1. The zero-order chi connectivity index (χ0) is 30.4. The molecule has 0 bridgehead atoms. The summed E-state index contributed by atoms with van der Waals surface area (Å²) >= 11 is 0. The lowest BCUT2D eigenvalue weighted by Crippen LogP contribution is -2.53. The van der Waals surface area contributed by atoms with E-state index in [-0.39, 0.29) is 29.1 Å². The number of sulfonamides is 1. The van der Waals surface area contributed by atoms with E-state index >= 15 is 0 Å². The van der Waals surface area contributed by atoms with E-state index in [1.165, 1.54) is 17.0 Å². The van der Waals surface area contributed by atoms with E-state index in [4.69, 9.17) is 9.47 Å². The summed E-state index contributed by atoms with van der Waals surface area (Å²) in [5.74, 6) is 0.219. The molecule has 1 N–H and O–H groups in total. The molecule has 1 aliphatic heterocycles. The standard InChI is InChI=1S/C33H39N3O6S/c1-3-29(33(38)34-26-13-9-10-14-26)35(22-25-12-8-7-11-24(25)2)32(37)23-36(43(39,40)28-15-5-4-6-16-28)27-17-18-30-31(21-27)42-20-19-41-30/h4-8,11-12,15-18,21,26,29H,3,9-10,13-14,19-20,22-23H2,1-2H3,(H,34,38). The van der Waals surface area contributed by atoms with E-state index in [2.05, 4.69) is 5.32 Å². The molecule has 0 spiro atoms. The van der Waals surface area contributed by atoms with Gasteiger partial charge in [-0.15, -0.1) is 0 Å². The van der Waals surface area contributed by atoms with Crippen LogP contribution in [0.2, 0.25) is 0 Å². The van der Waals surface area contributed by atoms with E-state index in [0.29, 0.717) is 31.1 Å². The highest BCUT2D eigenvalue weighted by Gasteiger charge is 2.35. The zero-order valence-electron chi connectivity index (χ0n) is 24.7. The molecule has 3 aromatic carbocycles. The number of carbonyl (C=O) groups is 2. The first-order valence-corrected chi connectivity index (χ1v) is 16.3. The van der Waals surface area contributed by atoms with Crippen LogP contribution in [0, 0.1) is 6.92 Å². The summed E-state index contributed by atoms with van der Waals surface area (Å²) in [4.78, 5) is 29.5. The molecule has 5 rings (SSSR count). The van der Waals surface area contributed by atoms with Crippen molar-refractivity contribution in [2.45, 2.75) is 69.5 Å². The van der Waals surface area contributed by atoms with Gasteiger partial charge in [0.15, 0.2) is 11.5 Å². The maximum absolute atomic E-state index is 14.3. The molecule has 0 aromatic heterocycles. The van der Waals surface area contributed by atoms with Crippen LogP contribution in [0.3, 0.4) is 0 Å². The third kappa shape index (κ3) is 6.96. The molecule has 1 atom stereocenters. The molecule has 1 heterocycles. The number of benzene rings is 3. The van der Waals surface area contributed by atoms with Crippen molar-refractivity contribution in [2.75, 3.05) is 24.1 Å². The van der Waals surface area contributed by atoms with Gasteiger partial charge in [-0.1, -0.05) is 62.2 Å². The van der Waals surface area contributed by atoms with E-state index in [0.717, 1.165) is 41.1 Å². The number of carbonyl (C=O) groups excluding carboxylic acids is 2. The number of aryl methyl sites for hydroxylation is 1. The van der Waals surface area contributed by atoms with Gasteiger partial charge in [0.2, 0.25) is 11.8 Å². The van der Waals surface area contributed by atoms with Gasteiger partial charge in [-0.2, -0.15) is 0 Å². The smallest absolute Gasteiger partial charge is 0.264 e. The van der Waals surface area contributed by atoms with E-state index in [1.807, 2.05) is 38.1 Å². The van der Waals surface area contributed by atoms with E-state index in [9.17, 15) is 18.0 Å². The van der Waals surface area contributed by atoms with Gasteiger partial charge in [-0.25, -0.2) is 8.42 Å². The molecule has 1 fully saturated rings.